The number of hydrogen-bond donors (Lipinski definition) is 2. The molecule has 1 aromatic heterocycles. The van der Waals surface area contributed by atoms with Crippen molar-refractivity contribution in [3.05, 3.63) is 71.0 Å². The molecule has 2 aromatic carbocycles. The Kier molecular flexibility index (Phi) is 3.20. The van der Waals surface area contributed by atoms with Gasteiger partial charge in [0.25, 0.3) is 5.91 Å². The number of aliphatic hydroxyl groups excluding tert-OH is 1. The van der Waals surface area contributed by atoms with Crippen LogP contribution >= 0.6 is 0 Å². The fourth-order valence-electron chi connectivity index (χ4n) is 3.23. The maximum atomic E-state index is 12.5. The van der Waals surface area contributed by atoms with E-state index in [0.29, 0.717) is 12.0 Å². The first kappa shape index (κ1) is 14.0. The number of amides is 1. The predicted molar refractivity (Wildman–Crippen MR) is 87.3 cm³/mol. The number of hydrogen-bond acceptors (Lipinski definition) is 3. The Morgan fingerprint density at radius 1 is 1.22 bits per heavy atom. The molecule has 3 aromatic rings. The van der Waals surface area contributed by atoms with Crippen LogP contribution in [0.25, 0.3) is 11.0 Å². The van der Waals surface area contributed by atoms with Gasteiger partial charge < -0.3 is 14.8 Å². The second-order valence-electron chi connectivity index (χ2n) is 6.07. The minimum atomic E-state index is -0.608. The molecule has 4 heteroatoms. The van der Waals surface area contributed by atoms with E-state index in [1.807, 2.05) is 49.4 Å². The molecule has 1 aliphatic carbocycles. The largest absolute Gasteiger partial charge is 0.451 e. The van der Waals surface area contributed by atoms with Crippen molar-refractivity contribution in [3.63, 3.8) is 0 Å². The maximum absolute atomic E-state index is 12.5. The van der Waals surface area contributed by atoms with Crippen molar-refractivity contribution in [2.45, 2.75) is 25.5 Å². The molecule has 4 nitrogen and oxygen atoms in total. The van der Waals surface area contributed by atoms with Crippen LogP contribution < -0.4 is 5.32 Å². The maximum Gasteiger partial charge on any atom is 0.287 e. The Morgan fingerprint density at radius 3 is 2.91 bits per heavy atom. The van der Waals surface area contributed by atoms with Gasteiger partial charge in [0.05, 0.1) is 12.1 Å². The molecule has 0 saturated carbocycles. The molecule has 0 fully saturated rings. The summed E-state index contributed by atoms with van der Waals surface area (Å²) in [4.78, 5) is 12.5. The van der Waals surface area contributed by atoms with Crippen LogP contribution in [0.15, 0.2) is 52.9 Å². The Morgan fingerprint density at radius 2 is 2.04 bits per heavy atom. The zero-order valence-corrected chi connectivity index (χ0v) is 12.7. The molecule has 1 heterocycles. The SMILES string of the molecule is Cc1ccc2oc(C(=O)NC3c4ccccc4CC3O)cc2c1. The highest BCUT2D eigenvalue weighted by Gasteiger charge is 2.32. The second-order valence-corrected chi connectivity index (χ2v) is 6.07. The minimum Gasteiger partial charge on any atom is -0.451 e. The number of aryl methyl sites for hydroxylation is 1. The number of rotatable bonds is 2. The molecular weight excluding hydrogens is 290 g/mol. The monoisotopic (exact) mass is 307 g/mol. The summed E-state index contributed by atoms with van der Waals surface area (Å²) in [6.07, 6.45) is -0.0524. The van der Waals surface area contributed by atoms with Gasteiger partial charge in [0.15, 0.2) is 5.76 Å². The van der Waals surface area contributed by atoms with Crippen molar-refractivity contribution in [2.75, 3.05) is 0 Å². The standard InChI is InChI=1S/C19H17NO3/c1-11-6-7-16-13(8-11)10-17(23-16)19(22)20-18-14-5-3-2-4-12(14)9-15(18)21/h2-8,10,15,18,21H,9H2,1H3,(H,20,22). The van der Waals surface area contributed by atoms with E-state index in [4.69, 9.17) is 4.42 Å². The topological polar surface area (TPSA) is 62.5 Å². The lowest BCUT2D eigenvalue weighted by Gasteiger charge is -2.17. The molecule has 0 radical (unpaired) electrons. The molecular formula is C19H17NO3. The Bertz CT molecular complexity index is 897. The summed E-state index contributed by atoms with van der Waals surface area (Å²) in [5.41, 5.74) is 3.85. The van der Waals surface area contributed by atoms with Gasteiger partial charge in [0.1, 0.15) is 5.58 Å². The van der Waals surface area contributed by atoms with Crippen LogP contribution in [0.3, 0.4) is 0 Å². The third kappa shape index (κ3) is 2.41. The lowest BCUT2D eigenvalue weighted by molar-refractivity contribution is 0.0834. The van der Waals surface area contributed by atoms with E-state index in [-0.39, 0.29) is 11.7 Å². The molecule has 0 saturated heterocycles. The predicted octanol–water partition coefficient (Wildman–Crippen LogP) is 3.13. The third-order valence-electron chi connectivity index (χ3n) is 4.39. The molecule has 1 amide bonds. The fraction of sp³-hybridized carbons (Fsp3) is 0.211. The van der Waals surface area contributed by atoms with Gasteiger partial charge in [0.2, 0.25) is 0 Å². The molecule has 4 rings (SSSR count). The highest BCUT2D eigenvalue weighted by Crippen LogP contribution is 2.31. The van der Waals surface area contributed by atoms with Crippen molar-refractivity contribution in [1.29, 1.82) is 0 Å². The van der Waals surface area contributed by atoms with E-state index in [0.717, 1.165) is 22.1 Å². The van der Waals surface area contributed by atoms with E-state index in [2.05, 4.69) is 5.32 Å². The molecule has 23 heavy (non-hydrogen) atoms. The smallest absolute Gasteiger partial charge is 0.287 e. The summed E-state index contributed by atoms with van der Waals surface area (Å²) in [7, 11) is 0. The number of benzene rings is 2. The molecule has 116 valence electrons. The van der Waals surface area contributed by atoms with Crippen molar-refractivity contribution < 1.29 is 14.3 Å². The average molecular weight is 307 g/mol. The first-order valence-corrected chi connectivity index (χ1v) is 7.69. The van der Waals surface area contributed by atoms with Gasteiger partial charge in [-0.05, 0) is 36.2 Å². The van der Waals surface area contributed by atoms with Gasteiger partial charge >= 0.3 is 0 Å². The molecule has 2 unspecified atom stereocenters. The molecule has 0 bridgehead atoms. The number of aliphatic hydroxyl groups is 1. The number of carbonyl (C=O) groups excluding carboxylic acids is 1. The van der Waals surface area contributed by atoms with Crippen LogP contribution in [-0.4, -0.2) is 17.1 Å². The van der Waals surface area contributed by atoms with E-state index in [1.54, 1.807) is 6.07 Å². The normalized spacial score (nSPS) is 19.7. The van der Waals surface area contributed by atoms with E-state index < -0.39 is 12.1 Å². The quantitative estimate of drug-likeness (QED) is 0.764. The van der Waals surface area contributed by atoms with Crippen molar-refractivity contribution in [1.82, 2.24) is 5.32 Å². The van der Waals surface area contributed by atoms with Gasteiger partial charge in [-0.1, -0.05) is 35.9 Å². The summed E-state index contributed by atoms with van der Waals surface area (Å²) >= 11 is 0. The summed E-state index contributed by atoms with van der Waals surface area (Å²) in [5, 5.41) is 14.0. The van der Waals surface area contributed by atoms with Gasteiger partial charge in [-0.15, -0.1) is 0 Å². The van der Waals surface area contributed by atoms with Crippen LogP contribution in [0.1, 0.15) is 33.3 Å². The zero-order chi connectivity index (χ0) is 16.0. The lowest BCUT2D eigenvalue weighted by Crippen LogP contribution is -2.33. The molecule has 0 spiro atoms. The Hall–Kier alpha value is -2.59. The zero-order valence-electron chi connectivity index (χ0n) is 12.7. The first-order chi connectivity index (χ1) is 11.1. The van der Waals surface area contributed by atoms with Crippen molar-refractivity contribution in [2.24, 2.45) is 0 Å². The number of carbonyl (C=O) groups is 1. The lowest BCUT2D eigenvalue weighted by atomic mass is 10.1. The summed E-state index contributed by atoms with van der Waals surface area (Å²) in [6.45, 7) is 2.00. The molecule has 2 N–H and O–H groups in total. The fourth-order valence-corrected chi connectivity index (χ4v) is 3.23. The van der Waals surface area contributed by atoms with Crippen molar-refractivity contribution >= 4 is 16.9 Å². The third-order valence-corrected chi connectivity index (χ3v) is 4.39. The average Bonchev–Trinajstić information content (AvgIpc) is 3.08. The number of nitrogens with one attached hydrogen (secondary N) is 1. The van der Waals surface area contributed by atoms with Crippen LogP contribution in [0.2, 0.25) is 0 Å². The number of fused-ring (bicyclic) bond motifs is 2. The molecule has 2 atom stereocenters. The summed E-state index contributed by atoms with van der Waals surface area (Å²) in [6, 6.07) is 14.9. The molecule has 0 aliphatic heterocycles. The second kappa shape index (κ2) is 5.25. The van der Waals surface area contributed by atoms with E-state index in [9.17, 15) is 9.90 Å². The Labute approximate surface area is 133 Å². The first-order valence-electron chi connectivity index (χ1n) is 7.69. The minimum absolute atomic E-state index is 0.266. The van der Waals surface area contributed by atoms with Crippen LogP contribution in [-0.2, 0) is 6.42 Å². The van der Waals surface area contributed by atoms with Gasteiger partial charge in [-0.3, -0.25) is 4.79 Å². The number of furan rings is 1. The van der Waals surface area contributed by atoms with Crippen LogP contribution in [0, 0.1) is 6.92 Å². The van der Waals surface area contributed by atoms with Gasteiger partial charge in [0, 0.05) is 11.8 Å². The Balaban J connectivity index is 1.62. The highest BCUT2D eigenvalue weighted by atomic mass is 16.3. The van der Waals surface area contributed by atoms with Crippen LogP contribution in [0.5, 0.6) is 0 Å². The molecule has 1 aliphatic rings. The van der Waals surface area contributed by atoms with Crippen molar-refractivity contribution in [3.8, 4) is 0 Å². The van der Waals surface area contributed by atoms with Gasteiger partial charge in [-0.2, -0.15) is 0 Å². The van der Waals surface area contributed by atoms with Gasteiger partial charge in [-0.25, -0.2) is 0 Å². The van der Waals surface area contributed by atoms with E-state index in [1.165, 1.54) is 0 Å². The van der Waals surface area contributed by atoms with E-state index >= 15 is 0 Å². The summed E-state index contributed by atoms with van der Waals surface area (Å²) < 4.78 is 5.62. The van der Waals surface area contributed by atoms with Crippen LogP contribution in [0.4, 0.5) is 0 Å². The highest BCUT2D eigenvalue weighted by molar-refractivity contribution is 5.96. The summed E-state index contributed by atoms with van der Waals surface area (Å²) in [5.74, 6) is -0.0400.